The molecule has 0 radical (unpaired) electrons. The number of hydrogen-bond donors (Lipinski definition) is 3. The van der Waals surface area contributed by atoms with E-state index in [1.807, 2.05) is 0 Å². The van der Waals surface area contributed by atoms with Crippen molar-refractivity contribution in [2.75, 3.05) is 11.4 Å². The van der Waals surface area contributed by atoms with E-state index in [1.165, 1.54) is 12.4 Å². The van der Waals surface area contributed by atoms with Gasteiger partial charge in [0.05, 0.1) is 0 Å². The van der Waals surface area contributed by atoms with Crippen LogP contribution in [0.2, 0.25) is 0 Å². The van der Waals surface area contributed by atoms with Crippen molar-refractivity contribution in [1.29, 1.82) is 0 Å². The Morgan fingerprint density at radius 3 is 2.36 bits per heavy atom. The molecule has 7 heteroatoms. The molecular weight excluding hydrogens is 185 g/mol. The summed E-state index contributed by atoms with van der Waals surface area (Å²) in [6, 6.07) is 0. The van der Waals surface area contributed by atoms with E-state index in [9.17, 15) is 5.11 Å². The Kier molecular flexibility index (Phi) is 2.36. The van der Waals surface area contributed by atoms with Crippen LogP contribution in [0.4, 0.5) is 5.95 Å². The van der Waals surface area contributed by atoms with Crippen LogP contribution >= 0.6 is 0 Å². The van der Waals surface area contributed by atoms with Gasteiger partial charge in [0.25, 0.3) is 0 Å². The fraction of sp³-hybridized carbons (Fsp3) is 0.429. The van der Waals surface area contributed by atoms with Gasteiger partial charge in [-0.15, -0.1) is 0 Å². The van der Waals surface area contributed by atoms with Gasteiger partial charge in [-0.3, -0.25) is 0 Å². The largest absolute Gasteiger partial charge is 0.491 e. The molecule has 3 N–H and O–H groups in total. The van der Waals surface area contributed by atoms with Crippen LogP contribution in [-0.2, 0) is 0 Å². The van der Waals surface area contributed by atoms with E-state index in [1.54, 1.807) is 4.90 Å². The Hall–Kier alpha value is -1.18. The average Bonchev–Trinajstić information content (AvgIpc) is 2.16. The van der Waals surface area contributed by atoms with Gasteiger partial charge in [-0.2, -0.15) is 0 Å². The number of nitrogens with zero attached hydrogens (tertiary/aromatic N) is 3. The third kappa shape index (κ3) is 1.57. The second-order valence-electron chi connectivity index (χ2n) is 3.15. The maximum absolute atomic E-state index is 9.29. The molecule has 1 aromatic heterocycles. The van der Waals surface area contributed by atoms with Crippen molar-refractivity contribution in [2.24, 2.45) is 0 Å². The van der Waals surface area contributed by atoms with Crippen LogP contribution in [0.5, 0.6) is 0 Å². The summed E-state index contributed by atoms with van der Waals surface area (Å²) in [7, 11) is -1.55. The van der Waals surface area contributed by atoms with Crippen molar-refractivity contribution < 1.29 is 15.2 Å². The number of rotatable bonds is 2. The van der Waals surface area contributed by atoms with E-state index in [4.69, 9.17) is 10.0 Å². The zero-order valence-electron chi connectivity index (χ0n) is 7.41. The van der Waals surface area contributed by atoms with Gasteiger partial charge in [-0.1, -0.05) is 0 Å². The zero-order valence-corrected chi connectivity index (χ0v) is 7.41. The molecule has 0 aliphatic carbocycles. The molecule has 1 atom stereocenters. The first kappa shape index (κ1) is 9.38. The normalized spacial score (nSPS) is 20.5. The van der Waals surface area contributed by atoms with Crippen molar-refractivity contribution in [2.45, 2.75) is 12.6 Å². The number of aromatic nitrogens is 2. The molecule has 1 unspecified atom stereocenters. The molecule has 1 fully saturated rings. The Bertz CT molecular complexity index is 318. The standard InChI is InChI=1S/C7H10BN3O3/c12-6-1-2-11(6)7-9-3-5(4-10-7)8(13)14/h3-4,6,12-14H,1-2H2. The molecule has 6 nitrogen and oxygen atoms in total. The lowest BCUT2D eigenvalue weighted by atomic mass is 9.83. The maximum Gasteiger partial charge on any atom is 0.491 e. The number of anilines is 1. The van der Waals surface area contributed by atoms with Crippen LogP contribution in [0.15, 0.2) is 12.4 Å². The number of aliphatic hydroxyl groups excluding tert-OH is 1. The summed E-state index contributed by atoms with van der Waals surface area (Å²) in [5, 5.41) is 26.9. The highest BCUT2D eigenvalue weighted by molar-refractivity contribution is 6.58. The number of aliphatic hydroxyl groups is 1. The molecule has 1 aromatic rings. The molecule has 14 heavy (non-hydrogen) atoms. The van der Waals surface area contributed by atoms with Crippen molar-refractivity contribution in [3.05, 3.63) is 12.4 Å². The summed E-state index contributed by atoms with van der Waals surface area (Å²) in [4.78, 5) is 9.45. The summed E-state index contributed by atoms with van der Waals surface area (Å²) in [6.45, 7) is 0.724. The first-order valence-electron chi connectivity index (χ1n) is 4.31. The van der Waals surface area contributed by atoms with Gasteiger partial charge in [0.1, 0.15) is 6.23 Å². The van der Waals surface area contributed by atoms with Gasteiger partial charge in [-0.25, -0.2) is 9.97 Å². The Labute approximate surface area is 81.0 Å². The summed E-state index contributed by atoms with van der Waals surface area (Å²) in [6.07, 6.45) is 2.86. The Morgan fingerprint density at radius 1 is 1.36 bits per heavy atom. The Balaban J connectivity index is 2.13. The minimum Gasteiger partial charge on any atom is -0.423 e. The second-order valence-corrected chi connectivity index (χ2v) is 3.15. The molecule has 1 saturated heterocycles. The molecule has 0 bridgehead atoms. The molecule has 2 heterocycles. The Morgan fingerprint density at radius 2 is 2.00 bits per heavy atom. The van der Waals surface area contributed by atoms with Crippen LogP contribution in [0.3, 0.4) is 0 Å². The van der Waals surface area contributed by atoms with Crippen LogP contribution in [-0.4, -0.2) is 45.0 Å². The van der Waals surface area contributed by atoms with E-state index in [2.05, 4.69) is 9.97 Å². The van der Waals surface area contributed by atoms with Gasteiger partial charge >= 0.3 is 7.12 Å². The highest BCUT2D eigenvalue weighted by Gasteiger charge is 2.27. The first-order chi connectivity index (χ1) is 6.68. The summed E-state index contributed by atoms with van der Waals surface area (Å²) in [5.74, 6) is 0.410. The highest BCUT2D eigenvalue weighted by atomic mass is 16.4. The molecule has 0 spiro atoms. The monoisotopic (exact) mass is 195 g/mol. The minimum atomic E-state index is -1.55. The fourth-order valence-corrected chi connectivity index (χ4v) is 1.22. The predicted octanol–water partition coefficient (Wildman–Crippen LogP) is -2.32. The van der Waals surface area contributed by atoms with Crippen molar-refractivity contribution in [3.63, 3.8) is 0 Å². The average molecular weight is 195 g/mol. The van der Waals surface area contributed by atoms with Crippen molar-refractivity contribution in [3.8, 4) is 0 Å². The molecule has 74 valence electrons. The van der Waals surface area contributed by atoms with E-state index in [-0.39, 0.29) is 5.46 Å². The van der Waals surface area contributed by atoms with Gasteiger partial charge in [0.2, 0.25) is 5.95 Å². The molecule has 2 rings (SSSR count). The zero-order chi connectivity index (χ0) is 10.1. The molecule has 1 aliphatic heterocycles. The van der Waals surface area contributed by atoms with Crippen LogP contribution in [0, 0.1) is 0 Å². The van der Waals surface area contributed by atoms with E-state index in [0.29, 0.717) is 12.4 Å². The van der Waals surface area contributed by atoms with Gasteiger partial charge in [-0.05, 0) is 0 Å². The quantitative estimate of drug-likeness (QED) is 0.459. The number of hydrogen-bond acceptors (Lipinski definition) is 6. The van der Waals surface area contributed by atoms with Crippen LogP contribution in [0.1, 0.15) is 6.42 Å². The van der Waals surface area contributed by atoms with Crippen LogP contribution in [0.25, 0.3) is 0 Å². The summed E-state index contributed by atoms with van der Waals surface area (Å²) >= 11 is 0. The van der Waals surface area contributed by atoms with Crippen LogP contribution < -0.4 is 10.4 Å². The lowest BCUT2D eigenvalue weighted by molar-refractivity contribution is 0.111. The van der Waals surface area contributed by atoms with Crippen molar-refractivity contribution >= 4 is 18.5 Å². The van der Waals surface area contributed by atoms with Gasteiger partial charge in [0.15, 0.2) is 0 Å². The molecule has 0 amide bonds. The lowest BCUT2D eigenvalue weighted by Gasteiger charge is -2.36. The van der Waals surface area contributed by atoms with Gasteiger partial charge < -0.3 is 20.1 Å². The fourth-order valence-electron chi connectivity index (χ4n) is 1.22. The molecular formula is C7H10BN3O3. The van der Waals surface area contributed by atoms with E-state index in [0.717, 1.165) is 6.54 Å². The first-order valence-corrected chi connectivity index (χ1v) is 4.31. The molecule has 0 aromatic carbocycles. The van der Waals surface area contributed by atoms with E-state index < -0.39 is 13.3 Å². The SMILES string of the molecule is OB(O)c1cnc(N2CCC2O)nc1. The minimum absolute atomic E-state index is 0.240. The lowest BCUT2D eigenvalue weighted by Crippen LogP contribution is -2.48. The third-order valence-corrected chi connectivity index (χ3v) is 2.20. The second kappa shape index (κ2) is 3.53. The highest BCUT2D eigenvalue weighted by Crippen LogP contribution is 2.19. The van der Waals surface area contributed by atoms with Crippen molar-refractivity contribution in [1.82, 2.24) is 9.97 Å². The molecule has 1 aliphatic rings. The summed E-state index contributed by atoms with van der Waals surface area (Å²) < 4.78 is 0. The summed E-state index contributed by atoms with van der Waals surface area (Å²) in [5.41, 5.74) is 0.240. The third-order valence-electron chi connectivity index (χ3n) is 2.20. The predicted molar refractivity (Wildman–Crippen MR) is 49.8 cm³/mol. The molecule has 0 saturated carbocycles. The van der Waals surface area contributed by atoms with Gasteiger partial charge in [0, 0.05) is 30.8 Å². The van der Waals surface area contributed by atoms with E-state index >= 15 is 0 Å². The maximum atomic E-state index is 9.29. The smallest absolute Gasteiger partial charge is 0.423 e. The topological polar surface area (TPSA) is 89.7 Å².